The maximum atomic E-state index is 11.9. The number of allylic oxidation sites excluding steroid dienone is 4. The summed E-state index contributed by atoms with van der Waals surface area (Å²) in [5.74, 6) is 0. The van der Waals surface area contributed by atoms with Crippen LogP contribution in [0.2, 0.25) is 0 Å². The molecule has 0 aromatic heterocycles. The third-order valence-corrected chi connectivity index (χ3v) is 4.30. The lowest BCUT2D eigenvalue weighted by atomic mass is 9.78. The molecule has 86 valence electrons. The van der Waals surface area contributed by atoms with Crippen LogP contribution in [0.5, 0.6) is 0 Å². The van der Waals surface area contributed by atoms with Crippen LogP contribution in [-0.4, -0.2) is 5.24 Å². The van der Waals surface area contributed by atoms with Crippen molar-refractivity contribution in [3.8, 4) is 0 Å². The Labute approximate surface area is 106 Å². The van der Waals surface area contributed by atoms with Crippen molar-refractivity contribution >= 4 is 22.4 Å². The first-order valence-corrected chi connectivity index (χ1v) is 6.23. The highest BCUT2D eigenvalue weighted by atomic mass is 35.5. The number of hydrogen-bond donors (Lipinski definition) is 0. The molecule has 2 heteroatoms. The molecule has 0 heterocycles. The fraction of sp³-hybridized carbons (Fsp3) is 0.267. The molecule has 2 aliphatic carbocycles. The second-order valence-electron chi connectivity index (χ2n) is 4.78. The van der Waals surface area contributed by atoms with Gasteiger partial charge in [0, 0.05) is 0 Å². The first kappa shape index (κ1) is 10.8. The summed E-state index contributed by atoms with van der Waals surface area (Å²) in [7, 11) is 0. The van der Waals surface area contributed by atoms with Crippen molar-refractivity contribution in [3.63, 3.8) is 0 Å². The zero-order valence-corrected chi connectivity index (χ0v) is 10.4. The van der Waals surface area contributed by atoms with E-state index in [9.17, 15) is 4.79 Å². The predicted molar refractivity (Wildman–Crippen MR) is 69.9 cm³/mol. The van der Waals surface area contributed by atoms with Gasteiger partial charge in [0.25, 0.3) is 0 Å². The first-order valence-electron chi connectivity index (χ1n) is 5.85. The lowest BCUT2D eigenvalue weighted by Crippen LogP contribution is -2.29. The molecule has 1 aromatic carbocycles. The molecule has 17 heavy (non-hydrogen) atoms. The molecule has 0 saturated heterocycles. The van der Waals surface area contributed by atoms with Crippen molar-refractivity contribution < 1.29 is 4.79 Å². The molecule has 0 saturated carbocycles. The fourth-order valence-corrected chi connectivity index (χ4v) is 3.19. The molecule has 0 aliphatic heterocycles. The molecule has 0 amide bonds. The van der Waals surface area contributed by atoms with Gasteiger partial charge in [0.2, 0.25) is 5.24 Å². The van der Waals surface area contributed by atoms with Gasteiger partial charge in [-0.3, -0.25) is 4.79 Å². The lowest BCUT2D eigenvalue weighted by molar-refractivity contribution is -0.115. The molecule has 1 aromatic rings. The summed E-state index contributed by atoms with van der Waals surface area (Å²) < 4.78 is 0. The van der Waals surface area contributed by atoms with E-state index in [4.69, 9.17) is 11.6 Å². The molecule has 0 fully saturated rings. The van der Waals surface area contributed by atoms with E-state index in [0.717, 1.165) is 24.0 Å². The zero-order chi connectivity index (χ0) is 12.0. The minimum atomic E-state index is -0.627. The summed E-state index contributed by atoms with van der Waals surface area (Å²) in [4.78, 5) is 11.9. The quantitative estimate of drug-likeness (QED) is 0.687. The van der Waals surface area contributed by atoms with E-state index < -0.39 is 5.41 Å². The summed E-state index contributed by atoms with van der Waals surface area (Å²) in [5, 5.41) is -0.273. The molecule has 2 aliphatic rings. The summed E-state index contributed by atoms with van der Waals surface area (Å²) in [6, 6.07) is 8.07. The Hall–Kier alpha value is -1.34. The van der Waals surface area contributed by atoms with Gasteiger partial charge in [-0.15, -0.1) is 0 Å². The van der Waals surface area contributed by atoms with Crippen molar-refractivity contribution in [2.75, 3.05) is 0 Å². The van der Waals surface area contributed by atoms with Crippen LogP contribution in [0.15, 0.2) is 42.0 Å². The topological polar surface area (TPSA) is 17.1 Å². The minimum absolute atomic E-state index is 0.273. The van der Waals surface area contributed by atoms with Crippen molar-refractivity contribution in [2.24, 2.45) is 0 Å². The second kappa shape index (κ2) is 3.58. The Morgan fingerprint density at radius 3 is 2.88 bits per heavy atom. The third-order valence-electron chi connectivity index (χ3n) is 3.92. The number of carbonyl (C=O) groups is 1. The van der Waals surface area contributed by atoms with Gasteiger partial charge >= 0.3 is 0 Å². The maximum Gasteiger partial charge on any atom is 0.236 e. The van der Waals surface area contributed by atoms with Crippen molar-refractivity contribution in [1.29, 1.82) is 0 Å². The van der Waals surface area contributed by atoms with E-state index in [1.54, 1.807) is 0 Å². The van der Waals surface area contributed by atoms with E-state index in [-0.39, 0.29) is 5.24 Å². The van der Waals surface area contributed by atoms with Crippen LogP contribution in [0, 0.1) is 0 Å². The number of hydrogen-bond acceptors (Lipinski definition) is 1. The fourth-order valence-electron chi connectivity index (χ4n) is 2.98. The van der Waals surface area contributed by atoms with Gasteiger partial charge in [-0.2, -0.15) is 0 Å². The summed E-state index contributed by atoms with van der Waals surface area (Å²) in [6.07, 6.45) is 6.21. The van der Waals surface area contributed by atoms with Crippen LogP contribution in [0.3, 0.4) is 0 Å². The SMILES string of the molecule is CC1(C(=O)Cl)C2=C(C=CCC2)c2ccccc21. The van der Waals surface area contributed by atoms with Gasteiger partial charge in [0.15, 0.2) is 0 Å². The molecule has 1 nitrogen and oxygen atoms in total. The van der Waals surface area contributed by atoms with Crippen LogP contribution in [0.4, 0.5) is 0 Å². The zero-order valence-electron chi connectivity index (χ0n) is 9.66. The number of carbonyl (C=O) groups excluding carboxylic acids is 1. The smallest absolute Gasteiger partial charge is 0.236 e. The van der Waals surface area contributed by atoms with Gasteiger partial charge in [0.1, 0.15) is 0 Å². The summed E-state index contributed by atoms with van der Waals surface area (Å²) >= 11 is 5.88. The van der Waals surface area contributed by atoms with Gasteiger partial charge in [0.05, 0.1) is 5.41 Å². The average Bonchev–Trinajstić information content (AvgIpc) is 2.63. The standard InChI is InChI=1S/C15H13ClO/c1-15(14(16)17)12-8-4-2-6-10(12)11-7-3-5-9-13(11)15/h2-4,6-8H,5,9H2,1H3. The van der Waals surface area contributed by atoms with E-state index in [2.05, 4.69) is 18.2 Å². The molecule has 0 spiro atoms. The molecule has 3 rings (SSSR count). The van der Waals surface area contributed by atoms with Gasteiger partial charge in [-0.1, -0.05) is 36.4 Å². The van der Waals surface area contributed by atoms with E-state index in [1.807, 2.05) is 25.1 Å². The van der Waals surface area contributed by atoms with Crippen molar-refractivity contribution in [2.45, 2.75) is 25.2 Å². The van der Waals surface area contributed by atoms with Gasteiger partial charge in [-0.05, 0) is 53.6 Å². The molecule has 0 N–H and O–H groups in total. The van der Waals surface area contributed by atoms with Crippen LogP contribution in [-0.2, 0) is 10.2 Å². The number of benzene rings is 1. The van der Waals surface area contributed by atoms with Crippen LogP contribution in [0.25, 0.3) is 5.57 Å². The lowest BCUT2D eigenvalue weighted by Gasteiger charge is -2.26. The Morgan fingerprint density at radius 1 is 1.35 bits per heavy atom. The highest BCUT2D eigenvalue weighted by molar-refractivity contribution is 6.66. The van der Waals surface area contributed by atoms with E-state index >= 15 is 0 Å². The van der Waals surface area contributed by atoms with Gasteiger partial charge in [-0.25, -0.2) is 0 Å². The highest BCUT2D eigenvalue weighted by Crippen LogP contribution is 2.51. The number of halogens is 1. The molecular formula is C15H13ClO. The normalized spacial score (nSPS) is 25.8. The van der Waals surface area contributed by atoms with Gasteiger partial charge < -0.3 is 0 Å². The Bertz CT molecular complexity index is 568. The monoisotopic (exact) mass is 244 g/mol. The molecular weight excluding hydrogens is 232 g/mol. The Balaban J connectivity index is 2.33. The molecule has 0 radical (unpaired) electrons. The summed E-state index contributed by atoms with van der Waals surface area (Å²) in [6.45, 7) is 1.95. The second-order valence-corrected chi connectivity index (χ2v) is 5.12. The minimum Gasteiger partial charge on any atom is -0.280 e. The summed E-state index contributed by atoms with van der Waals surface area (Å²) in [5.41, 5.74) is 3.97. The Kier molecular flexibility index (Phi) is 2.27. The third kappa shape index (κ3) is 1.29. The predicted octanol–water partition coefficient (Wildman–Crippen LogP) is 3.83. The van der Waals surface area contributed by atoms with Crippen molar-refractivity contribution in [3.05, 3.63) is 53.1 Å². The van der Waals surface area contributed by atoms with Crippen molar-refractivity contribution in [1.82, 2.24) is 0 Å². The largest absolute Gasteiger partial charge is 0.280 e. The Morgan fingerprint density at radius 2 is 2.12 bits per heavy atom. The van der Waals surface area contributed by atoms with E-state index in [0.29, 0.717) is 0 Å². The van der Waals surface area contributed by atoms with Crippen LogP contribution >= 0.6 is 11.6 Å². The molecule has 0 bridgehead atoms. The number of fused-ring (bicyclic) bond motifs is 2. The maximum absolute atomic E-state index is 11.9. The highest BCUT2D eigenvalue weighted by Gasteiger charge is 2.45. The average molecular weight is 245 g/mol. The number of rotatable bonds is 1. The van der Waals surface area contributed by atoms with Crippen LogP contribution < -0.4 is 0 Å². The first-order chi connectivity index (χ1) is 8.15. The van der Waals surface area contributed by atoms with E-state index in [1.165, 1.54) is 11.1 Å². The molecule has 1 unspecified atom stereocenters. The van der Waals surface area contributed by atoms with Crippen LogP contribution in [0.1, 0.15) is 30.9 Å². The molecule has 1 atom stereocenters.